The molecule has 2 N–H and O–H groups in total. The van der Waals surface area contributed by atoms with Crippen LogP contribution in [0.4, 0.5) is 0 Å². The Balaban J connectivity index is 2.85. The van der Waals surface area contributed by atoms with Crippen LogP contribution in [0.5, 0.6) is 0 Å². The van der Waals surface area contributed by atoms with E-state index in [1.54, 1.807) is 30.3 Å². The molecule has 1 atom stereocenters. The van der Waals surface area contributed by atoms with Crippen molar-refractivity contribution in [2.75, 3.05) is 0 Å². The minimum absolute atomic E-state index is 0.470. The fourth-order valence-electron chi connectivity index (χ4n) is 1.87. The van der Waals surface area contributed by atoms with Gasteiger partial charge in [0.1, 0.15) is 0 Å². The van der Waals surface area contributed by atoms with E-state index in [1.807, 2.05) is 0 Å². The molecule has 0 spiro atoms. The third kappa shape index (κ3) is 2.16. The second-order valence-electron chi connectivity index (χ2n) is 3.84. The molecule has 0 radical (unpaired) electrons. The summed E-state index contributed by atoms with van der Waals surface area (Å²) < 4.78 is 12.5. The number of hydrogen-bond donors (Lipinski definition) is 2. The van der Waals surface area contributed by atoms with Crippen LogP contribution in [0.2, 0.25) is 0 Å². The molecular formula is C12H12NO4P. The van der Waals surface area contributed by atoms with E-state index in [1.165, 1.54) is 6.07 Å². The van der Waals surface area contributed by atoms with Gasteiger partial charge in [0.25, 0.3) is 5.56 Å². The predicted octanol–water partition coefficient (Wildman–Crippen LogP) is 1.86. The summed E-state index contributed by atoms with van der Waals surface area (Å²) in [7, 11) is -4.48. The maximum atomic E-state index is 11.9. The van der Waals surface area contributed by atoms with Crippen molar-refractivity contribution in [1.82, 2.24) is 4.57 Å². The molecule has 1 aromatic heterocycles. The SMILES string of the molecule is C=CC(n1c(=O)ccc2ccccc21)P(=O)(O)O. The van der Waals surface area contributed by atoms with Gasteiger partial charge < -0.3 is 9.79 Å². The third-order valence-electron chi connectivity index (χ3n) is 2.66. The largest absolute Gasteiger partial charge is 0.352 e. The number of rotatable bonds is 3. The minimum atomic E-state index is -4.48. The number of aromatic nitrogens is 1. The van der Waals surface area contributed by atoms with E-state index < -0.39 is 18.9 Å². The number of pyridine rings is 1. The molecule has 6 heteroatoms. The van der Waals surface area contributed by atoms with Gasteiger partial charge in [-0.1, -0.05) is 24.3 Å². The van der Waals surface area contributed by atoms with Crippen LogP contribution in [-0.2, 0) is 4.57 Å². The highest BCUT2D eigenvalue weighted by Crippen LogP contribution is 2.49. The molecule has 18 heavy (non-hydrogen) atoms. The molecule has 2 aromatic rings. The summed E-state index contributed by atoms with van der Waals surface area (Å²) >= 11 is 0. The van der Waals surface area contributed by atoms with Crippen molar-refractivity contribution in [2.24, 2.45) is 0 Å². The second-order valence-corrected chi connectivity index (χ2v) is 5.55. The molecule has 5 nitrogen and oxygen atoms in total. The van der Waals surface area contributed by atoms with Crippen molar-refractivity contribution in [3.63, 3.8) is 0 Å². The lowest BCUT2D eigenvalue weighted by atomic mass is 10.2. The van der Waals surface area contributed by atoms with Crippen LogP contribution in [0, 0.1) is 0 Å². The molecule has 0 aliphatic rings. The first-order valence-electron chi connectivity index (χ1n) is 5.23. The summed E-state index contributed by atoms with van der Waals surface area (Å²) in [4.78, 5) is 30.4. The first kappa shape index (κ1) is 12.8. The van der Waals surface area contributed by atoms with Crippen LogP contribution in [0.1, 0.15) is 5.78 Å². The second kappa shape index (κ2) is 4.53. The highest BCUT2D eigenvalue weighted by atomic mass is 31.2. The van der Waals surface area contributed by atoms with Crippen molar-refractivity contribution in [2.45, 2.75) is 5.78 Å². The van der Waals surface area contributed by atoms with Gasteiger partial charge in [0.15, 0.2) is 5.78 Å². The van der Waals surface area contributed by atoms with Crippen molar-refractivity contribution in [3.8, 4) is 0 Å². The topological polar surface area (TPSA) is 79.5 Å². The zero-order valence-corrected chi connectivity index (χ0v) is 10.3. The maximum absolute atomic E-state index is 11.9. The zero-order chi connectivity index (χ0) is 13.3. The van der Waals surface area contributed by atoms with Crippen molar-refractivity contribution < 1.29 is 14.4 Å². The highest BCUT2D eigenvalue weighted by molar-refractivity contribution is 7.52. The lowest BCUT2D eigenvalue weighted by molar-refractivity contribution is 0.353. The summed E-state index contributed by atoms with van der Waals surface area (Å²) in [5.74, 6) is -1.35. The van der Waals surface area contributed by atoms with Gasteiger partial charge in [0, 0.05) is 6.07 Å². The van der Waals surface area contributed by atoms with E-state index in [0.29, 0.717) is 5.52 Å². The van der Waals surface area contributed by atoms with E-state index >= 15 is 0 Å². The van der Waals surface area contributed by atoms with Crippen molar-refractivity contribution in [3.05, 3.63) is 59.4 Å². The number of nitrogens with zero attached hydrogens (tertiary/aromatic N) is 1. The molecule has 0 aliphatic carbocycles. The molecule has 0 fully saturated rings. The van der Waals surface area contributed by atoms with Crippen molar-refractivity contribution in [1.29, 1.82) is 0 Å². The third-order valence-corrected chi connectivity index (χ3v) is 3.79. The standard InChI is InChI=1S/C12H12NO4P/c1-2-12(18(15,16)17)13-10-6-4-3-5-9(10)7-8-11(13)14/h2-8,12H,1H2,(H2,15,16,17). The van der Waals surface area contributed by atoms with Crippen LogP contribution in [-0.4, -0.2) is 14.4 Å². The smallest absolute Gasteiger partial charge is 0.323 e. The summed E-state index contributed by atoms with van der Waals surface area (Å²) in [6.07, 6.45) is 1.09. The number of benzene rings is 1. The van der Waals surface area contributed by atoms with Gasteiger partial charge >= 0.3 is 7.60 Å². The molecule has 0 bridgehead atoms. The Morgan fingerprint density at radius 1 is 1.22 bits per heavy atom. The van der Waals surface area contributed by atoms with Crippen LogP contribution in [0.25, 0.3) is 10.9 Å². The van der Waals surface area contributed by atoms with Gasteiger partial charge in [-0.25, -0.2) is 0 Å². The molecule has 94 valence electrons. The molecule has 1 unspecified atom stereocenters. The van der Waals surface area contributed by atoms with E-state index in [0.717, 1.165) is 16.0 Å². The highest BCUT2D eigenvalue weighted by Gasteiger charge is 2.29. The summed E-state index contributed by atoms with van der Waals surface area (Å²) in [5.41, 5.74) is 0.000139. The van der Waals surface area contributed by atoms with Gasteiger partial charge in [-0.15, -0.1) is 6.58 Å². The zero-order valence-electron chi connectivity index (χ0n) is 9.43. The Morgan fingerprint density at radius 2 is 1.89 bits per heavy atom. The summed E-state index contributed by atoms with van der Waals surface area (Å²) in [6, 6.07) is 9.81. The fourth-order valence-corrected chi connectivity index (χ4v) is 2.69. The Hall–Kier alpha value is -1.68. The van der Waals surface area contributed by atoms with E-state index in [2.05, 4.69) is 6.58 Å². The Kier molecular flexibility index (Phi) is 3.22. The molecule has 1 heterocycles. The average Bonchev–Trinajstić information content (AvgIpc) is 2.31. The molecule has 0 saturated carbocycles. The van der Waals surface area contributed by atoms with Gasteiger partial charge in [-0.05, 0) is 17.5 Å². The van der Waals surface area contributed by atoms with E-state index in [4.69, 9.17) is 0 Å². The molecular weight excluding hydrogens is 253 g/mol. The van der Waals surface area contributed by atoms with Crippen LogP contribution < -0.4 is 5.56 Å². The predicted molar refractivity (Wildman–Crippen MR) is 69.5 cm³/mol. The molecule has 1 aromatic carbocycles. The first-order valence-corrected chi connectivity index (χ1v) is 6.91. The van der Waals surface area contributed by atoms with Crippen molar-refractivity contribution >= 4 is 18.5 Å². The molecule has 0 amide bonds. The Bertz CT molecular complexity index is 701. The van der Waals surface area contributed by atoms with Gasteiger partial charge in [-0.2, -0.15) is 0 Å². The monoisotopic (exact) mass is 265 g/mol. The van der Waals surface area contributed by atoms with Gasteiger partial charge in [0.2, 0.25) is 0 Å². The quantitative estimate of drug-likeness (QED) is 0.655. The lowest BCUT2D eigenvalue weighted by Gasteiger charge is -2.19. The Morgan fingerprint density at radius 3 is 2.50 bits per heavy atom. The number of allylic oxidation sites excluding steroid dienone is 1. The van der Waals surface area contributed by atoms with E-state index in [9.17, 15) is 19.1 Å². The Labute approximate surface area is 103 Å². The van der Waals surface area contributed by atoms with E-state index in [-0.39, 0.29) is 0 Å². The number of para-hydroxylation sites is 1. The number of hydrogen-bond acceptors (Lipinski definition) is 2. The van der Waals surface area contributed by atoms with Gasteiger partial charge in [0.05, 0.1) is 5.52 Å². The van der Waals surface area contributed by atoms with Crippen LogP contribution >= 0.6 is 7.60 Å². The van der Waals surface area contributed by atoms with Crippen LogP contribution in [0.3, 0.4) is 0 Å². The minimum Gasteiger partial charge on any atom is -0.323 e. The van der Waals surface area contributed by atoms with Crippen LogP contribution in [0.15, 0.2) is 53.8 Å². The lowest BCUT2D eigenvalue weighted by Crippen LogP contribution is -2.23. The average molecular weight is 265 g/mol. The van der Waals surface area contributed by atoms with Gasteiger partial charge in [-0.3, -0.25) is 13.9 Å². The first-order chi connectivity index (χ1) is 8.45. The maximum Gasteiger partial charge on any atom is 0.352 e. The molecule has 0 saturated heterocycles. The summed E-state index contributed by atoms with van der Waals surface area (Å²) in [6.45, 7) is 3.40. The summed E-state index contributed by atoms with van der Waals surface area (Å²) in [5, 5.41) is 0.734. The normalized spacial score (nSPS) is 13.4. The number of fused-ring (bicyclic) bond motifs is 1. The fraction of sp³-hybridized carbons (Fsp3) is 0.0833. The molecule has 2 rings (SSSR count). The molecule has 0 aliphatic heterocycles.